The van der Waals surface area contributed by atoms with E-state index in [1.807, 2.05) is 0 Å². The first-order valence-electron chi connectivity index (χ1n) is 5.42. The number of nitrogens with one attached hydrogen (secondary N) is 2. The van der Waals surface area contributed by atoms with E-state index >= 15 is 0 Å². The van der Waals surface area contributed by atoms with Crippen molar-refractivity contribution in [3.63, 3.8) is 0 Å². The van der Waals surface area contributed by atoms with Gasteiger partial charge in [0.2, 0.25) is 0 Å². The van der Waals surface area contributed by atoms with Crippen LogP contribution < -0.4 is 10.9 Å². The highest BCUT2D eigenvalue weighted by Crippen LogP contribution is 2.14. The Morgan fingerprint density at radius 1 is 1.21 bits per heavy atom. The largest absolute Gasteiger partial charge is 0.275 e. The molecule has 0 fully saturated rings. The van der Waals surface area contributed by atoms with E-state index in [0.29, 0.717) is 10.6 Å². The first-order chi connectivity index (χ1) is 9.08. The molecule has 2 rings (SSSR count). The lowest BCUT2D eigenvalue weighted by Gasteiger charge is -2.07. The van der Waals surface area contributed by atoms with E-state index in [0.717, 1.165) is 0 Å². The lowest BCUT2D eigenvalue weighted by Crippen LogP contribution is -2.41. The molecule has 0 saturated carbocycles. The van der Waals surface area contributed by atoms with E-state index in [1.54, 1.807) is 31.3 Å². The van der Waals surface area contributed by atoms with Gasteiger partial charge in [-0.15, -0.1) is 0 Å². The van der Waals surface area contributed by atoms with Crippen LogP contribution in [-0.4, -0.2) is 21.6 Å². The molecule has 2 aromatic rings. The normalized spacial score (nSPS) is 10.0. The van der Waals surface area contributed by atoms with Crippen LogP contribution in [-0.2, 0) is 7.05 Å². The van der Waals surface area contributed by atoms with Crippen LogP contribution >= 0.6 is 11.6 Å². The molecule has 0 aliphatic carbocycles. The van der Waals surface area contributed by atoms with Crippen molar-refractivity contribution in [2.45, 2.75) is 0 Å². The van der Waals surface area contributed by atoms with Gasteiger partial charge in [-0.25, -0.2) is 0 Å². The molecule has 1 heterocycles. The number of carbonyl (C=O) groups excluding carboxylic acids is 2. The van der Waals surface area contributed by atoms with E-state index in [4.69, 9.17) is 11.6 Å². The van der Waals surface area contributed by atoms with E-state index in [1.165, 1.54) is 17.1 Å². The maximum absolute atomic E-state index is 11.8. The fourth-order valence-corrected chi connectivity index (χ4v) is 1.66. The average molecular weight is 279 g/mol. The van der Waals surface area contributed by atoms with Crippen LogP contribution in [0.1, 0.15) is 20.7 Å². The molecule has 0 unspecified atom stereocenters. The summed E-state index contributed by atoms with van der Waals surface area (Å²) in [6.07, 6.45) is 2.94. The molecule has 0 saturated heterocycles. The van der Waals surface area contributed by atoms with Gasteiger partial charge in [0.25, 0.3) is 11.8 Å². The SMILES string of the molecule is Cn1cc(C(=O)NNC(=O)c2ccccc2Cl)cn1. The highest BCUT2D eigenvalue weighted by molar-refractivity contribution is 6.33. The Morgan fingerprint density at radius 2 is 1.89 bits per heavy atom. The minimum atomic E-state index is -0.483. The highest BCUT2D eigenvalue weighted by atomic mass is 35.5. The lowest BCUT2D eigenvalue weighted by molar-refractivity contribution is 0.0846. The number of carbonyl (C=O) groups is 2. The second kappa shape index (κ2) is 5.53. The van der Waals surface area contributed by atoms with Crippen LogP contribution in [0.3, 0.4) is 0 Å². The third-order valence-electron chi connectivity index (χ3n) is 2.38. The van der Waals surface area contributed by atoms with Crippen molar-refractivity contribution in [3.8, 4) is 0 Å². The fourth-order valence-electron chi connectivity index (χ4n) is 1.44. The zero-order chi connectivity index (χ0) is 13.8. The van der Waals surface area contributed by atoms with Gasteiger partial charge in [-0.2, -0.15) is 5.10 Å². The number of benzene rings is 1. The van der Waals surface area contributed by atoms with Crippen molar-refractivity contribution in [1.82, 2.24) is 20.6 Å². The Balaban J connectivity index is 1.98. The van der Waals surface area contributed by atoms with Crippen molar-refractivity contribution < 1.29 is 9.59 Å². The first-order valence-corrected chi connectivity index (χ1v) is 5.79. The van der Waals surface area contributed by atoms with Gasteiger partial charge in [0.05, 0.1) is 22.3 Å². The van der Waals surface area contributed by atoms with Gasteiger partial charge in [0.1, 0.15) is 0 Å². The molecule has 0 aliphatic rings. The Morgan fingerprint density at radius 3 is 2.53 bits per heavy atom. The number of nitrogens with zero attached hydrogens (tertiary/aromatic N) is 2. The molecule has 0 atom stereocenters. The Kier molecular flexibility index (Phi) is 3.82. The molecular weight excluding hydrogens is 268 g/mol. The van der Waals surface area contributed by atoms with E-state index in [2.05, 4.69) is 16.0 Å². The number of amides is 2. The zero-order valence-corrected chi connectivity index (χ0v) is 10.8. The Labute approximate surface area is 114 Å². The lowest BCUT2D eigenvalue weighted by atomic mass is 10.2. The fraction of sp³-hybridized carbons (Fsp3) is 0.0833. The van der Waals surface area contributed by atoms with Gasteiger partial charge in [0.15, 0.2) is 0 Å². The van der Waals surface area contributed by atoms with Gasteiger partial charge in [0, 0.05) is 13.2 Å². The number of rotatable bonds is 2. The van der Waals surface area contributed by atoms with Crippen LogP contribution in [0.2, 0.25) is 5.02 Å². The van der Waals surface area contributed by atoms with Gasteiger partial charge in [-0.3, -0.25) is 25.1 Å². The summed E-state index contributed by atoms with van der Waals surface area (Å²) in [4.78, 5) is 23.4. The van der Waals surface area contributed by atoms with E-state index < -0.39 is 11.8 Å². The second-order valence-electron chi connectivity index (χ2n) is 3.79. The van der Waals surface area contributed by atoms with Crippen molar-refractivity contribution in [2.24, 2.45) is 7.05 Å². The second-order valence-corrected chi connectivity index (χ2v) is 4.20. The van der Waals surface area contributed by atoms with Gasteiger partial charge < -0.3 is 0 Å². The van der Waals surface area contributed by atoms with Gasteiger partial charge >= 0.3 is 0 Å². The third-order valence-corrected chi connectivity index (χ3v) is 2.70. The van der Waals surface area contributed by atoms with Crippen molar-refractivity contribution in [1.29, 1.82) is 0 Å². The number of hydrazine groups is 1. The molecule has 0 radical (unpaired) electrons. The quantitative estimate of drug-likeness (QED) is 0.809. The van der Waals surface area contributed by atoms with E-state index in [-0.39, 0.29) is 5.56 Å². The topological polar surface area (TPSA) is 76.0 Å². The summed E-state index contributed by atoms with van der Waals surface area (Å²) < 4.78 is 1.49. The first kappa shape index (κ1) is 13.1. The number of hydrogen-bond donors (Lipinski definition) is 2. The maximum Gasteiger partial charge on any atom is 0.272 e. The van der Waals surface area contributed by atoms with Gasteiger partial charge in [-0.1, -0.05) is 23.7 Å². The van der Waals surface area contributed by atoms with Crippen LogP contribution in [0, 0.1) is 0 Å². The smallest absolute Gasteiger partial charge is 0.272 e. The number of hydrogen-bond acceptors (Lipinski definition) is 3. The predicted molar refractivity (Wildman–Crippen MR) is 69.6 cm³/mol. The van der Waals surface area contributed by atoms with Crippen molar-refractivity contribution in [2.75, 3.05) is 0 Å². The Bertz CT molecular complexity index is 624. The Hall–Kier alpha value is -2.34. The maximum atomic E-state index is 11.8. The molecule has 1 aromatic carbocycles. The van der Waals surface area contributed by atoms with Crippen molar-refractivity contribution in [3.05, 3.63) is 52.8 Å². The number of halogens is 1. The molecular formula is C12H11ClN4O2. The summed E-state index contributed by atoms with van der Waals surface area (Å²) in [6.45, 7) is 0. The molecule has 0 spiro atoms. The number of aromatic nitrogens is 2. The predicted octanol–water partition coefficient (Wildman–Crippen LogP) is 1.15. The monoisotopic (exact) mass is 278 g/mol. The van der Waals surface area contributed by atoms with Crippen LogP contribution in [0.5, 0.6) is 0 Å². The van der Waals surface area contributed by atoms with Crippen molar-refractivity contribution >= 4 is 23.4 Å². The van der Waals surface area contributed by atoms with Gasteiger partial charge in [-0.05, 0) is 12.1 Å². The zero-order valence-electron chi connectivity index (χ0n) is 10.1. The molecule has 98 valence electrons. The summed E-state index contributed by atoms with van der Waals surface area (Å²) in [5.74, 6) is -0.934. The molecule has 7 heteroatoms. The minimum Gasteiger partial charge on any atom is -0.275 e. The van der Waals surface area contributed by atoms with Crippen LogP contribution in [0.4, 0.5) is 0 Å². The summed E-state index contributed by atoms with van der Waals surface area (Å²) in [5.41, 5.74) is 5.21. The number of aryl methyl sites for hydroxylation is 1. The average Bonchev–Trinajstić information content (AvgIpc) is 2.83. The molecule has 6 nitrogen and oxygen atoms in total. The molecule has 19 heavy (non-hydrogen) atoms. The molecule has 0 aliphatic heterocycles. The summed E-state index contributed by atoms with van der Waals surface area (Å²) >= 11 is 5.87. The standard InChI is InChI=1S/C12H11ClN4O2/c1-17-7-8(6-14-17)11(18)15-16-12(19)9-4-2-3-5-10(9)13/h2-7H,1H3,(H,15,18)(H,16,19). The summed E-state index contributed by atoms with van der Waals surface area (Å²) in [6, 6.07) is 6.56. The summed E-state index contributed by atoms with van der Waals surface area (Å²) in [5, 5.41) is 4.17. The minimum absolute atomic E-state index is 0.288. The highest BCUT2D eigenvalue weighted by Gasteiger charge is 2.12. The third kappa shape index (κ3) is 3.11. The van der Waals surface area contributed by atoms with E-state index in [9.17, 15) is 9.59 Å². The summed E-state index contributed by atoms with van der Waals surface area (Å²) in [7, 11) is 1.69. The van der Waals surface area contributed by atoms with Crippen LogP contribution in [0.15, 0.2) is 36.7 Å². The molecule has 2 N–H and O–H groups in total. The molecule has 1 aromatic heterocycles. The van der Waals surface area contributed by atoms with Crippen LogP contribution in [0.25, 0.3) is 0 Å². The molecule has 2 amide bonds. The molecule has 0 bridgehead atoms.